The zero-order valence-electron chi connectivity index (χ0n) is 24.0. The number of aromatic nitrogens is 7. The van der Waals surface area contributed by atoms with E-state index in [4.69, 9.17) is 0 Å². The lowest BCUT2D eigenvalue weighted by Crippen LogP contribution is -2.55. The number of aromatic amines is 1. The van der Waals surface area contributed by atoms with Crippen molar-refractivity contribution in [3.05, 3.63) is 54.3 Å². The third-order valence-corrected chi connectivity index (χ3v) is 9.52. The third-order valence-electron chi connectivity index (χ3n) is 9.52. The number of rotatable bonds is 6. The molecule has 1 amide bonds. The lowest BCUT2D eigenvalue weighted by molar-refractivity contribution is -0.145. The normalized spacial score (nSPS) is 22.5. The molecule has 0 aromatic carbocycles. The lowest BCUT2D eigenvalue weighted by atomic mass is 9.73. The second-order valence-corrected chi connectivity index (χ2v) is 12.0. The summed E-state index contributed by atoms with van der Waals surface area (Å²) in [6.45, 7) is 2.19. The SMILES string of the molecule is CN(C)C1(c2cc(C(=O)N3CCN(C4CC(n5cc(-c6ncnc7[nH]ccc67)cn5)C4)CC3)nc(C(F)(F)F)n2)CCC1. The quantitative estimate of drug-likeness (QED) is 0.360. The molecule has 4 aromatic heterocycles. The lowest BCUT2D eigenvalue weighted by Gasteiger charge is -2.47. The zero-order chi connectivity index (χ0) is 29.9. The number of nitrogens with one attached hydrogen (secondary N) is 1. The largest absolute Gasteiger partial charge is 0.451 e. The first kappa shape index (κ1) is 27.9. The second kappa shape index (κ2) is 10.4. The van der Waals surface area contributed by atoms with Crippen LogP contribution in [0.2, 0.25) is 0 Å². The standard InChI is InChI=1S/C29H33F3N10O/c1-39(2)28(5-3-6-28)23-14-22(37-27(38-23)29(30,31)32)26(43)41-10-8-40(9-11-41)19-12-20(13-19)42-16-18(15-36-42)24-21-4-7-33-25(21)35-17-34-24/h4,7,14-17,19-20H,3,5-6,8-13H2,1-2H3,(H,33,34,35). The molecule has 2 saturated carbocycles. The van der Waals surface area contributed by atoms with Crippen molar-refractivity contribution in [2.45, 2.75) is 55.9 Å². The average molecular weight is 595 g/mol. The highest BCUT2D eigenvalue weighted by Gasteiger charge is 2.45. The number of alkyl halides is 3. The van der Waals surface area contributed by atoms with E-state index >= 15 is 0 Å². The Hall–Kier alpha value is -3.91. The van der Waals surface area contributed by atoms with E-state index in [0.717, 1.165) is 41.6 Å². The summed E-state index contributed by atoms with van der Waals surface area (Å²) < 4.78 is 43.3. The maximum atomic E-state index is 13.8. The zero-order valence-corrected chi connectivity index (χ0v) is 24.0. The van der Waals surface area contributed by atoms with E-state index in [1.165, 1.54) is 6.07 Å². The van der Waals surface area contributed by atoms with Crippen LogP contribution in [0.4, 0.5) is 13.2 Å². The first-order valence-corrected chi connectivity index (χ1v) is 14.6. The van der Waals surface area contributed by atoms with Crippen LogP contribution in [0.1, 0.15) is 60.2 Å². The maximum Gasteiger partial charge on any atom is 0.451 e. The summed E-state index contributed by atoms with van der Waals surface area (Å²) in [6, 6.07) is 4.07. The minimum absolute atomic E-state index is 0.183. The predicted octanol–water partition coefficient (Wildman–Crippen LogP) is 3.73. The molecular weight excluding hydrogens is 561 g/mol. The fraction of sp³-hybridized carbons (Fsp3) is 0.517. The molecule has 226 valence electrons. The molecule has 4 aromatic rings. The van der Waals surface area contributed by atoms with Gasteiger partial charge in [-0.25, -0.2) is 19.9 Å². The Balaban J connectivity index is 0.987. The monoisotopic (exact) mass is 594 g/mol. The molecule has 1 saturated heterocycles. The number of carbonyl (C=O) groups is 1. The number of piperazine rings is 1. The first-order valence-electron chi connectivity index (χ1n) is 14.6. The van der Waals surface area contributed by atoms with Gasteiger partial charge in [0.05, 0.1) is 29.2 Å². The van der Waals surface area contributed by atoms with Gasteiger partial charge in [0.1, 0.15) is 17.7 Å². The fourth-order valence-corrected chi connectivity index (χ4v) is 6.65. The van der Waals surface area contributed by atoms with Crippen LogP contribution in [0.3, 0.4) is 0 Å². The van der Waals surface area contributed by atoms with Crippen LogP contribution >= 0.6 is 0 Å². The molecule has 5 heterocycles. The van der Waals surface area contributed by atoms with Crippen LogP contribution in [-0.2, 0) is 11.7 Å². The average Bonchev–Trinajstić information content (AvgIpc) is 3.61. The summed E-state index contributed by atoms with van der Waals surface area (Å²) in [7, 11) is 3.68. The van der Waals surface area contributed by atoms with Gasteiger partial charge in [0.25, 0.3) is 5.91 Å². The molecule has 0 radical (unpaired) electrons. The van der Waals surface area contributed by atoms with Crippen molar-refractivity contribution in [2.75, 3.05) is 40.3 Å². The topological polar surface area (TPSA) is 112 Å². The Morgan fingerprint density at radius 1 is 1.07 bits per heavy atom. The maximum absolute atomic E-state index is 13.8. The van der Waals surface area contributed by atoms with E-state index in [1.54, 1.807) is 11.2 Å². The number of nitrogens with zero attached hydrogens (tertiary/aromatic N) is 9. The molecule has 0 unspecified atom stereocenters. The van der Waals surface area contributed by atoms with E-state index in [9.17, 15) is 18.0 Å². The van der Waals surface area contributed by atoms with Crippen molar-refractivity contribution < 1.29 is 18.0 Å². The molecule has 11 nitrogen and oxygen atoms in total. The molecule has 1 N–H and O–H groups in total. The molecule has 14 heteroatoms. The molecule has 0 bridgehead atoms. The van der Waals surface area contributed by atoms with Gasteiger partial charge >= 0.3 is 6.18 Å². The summed E-state index contributed by atoms with van der Waals surface area (Å²) in [5, 5.41) is 5.56. The molecule has 1 aliphatic heterocycles. The van der Waals surface area contributed by atoms with Crippen molar-refractivity contribution in [2.24, 2.45) is 0 Å². The van der Waals surface area contributed by atoms with Gasteiger partial charge in [-0.2, -0.15) is 18.3 Å². The summed E-state index contributed by atoms with van der Waals surface area (Å²) >= 11 is 0. The first-order chi connectivity index (χ1) is 20.6. The van der Waals surface area contributed by atoms with Gasteiger partial charge in [-0.3, -0.25) is 19.3 Å². The van der Waals surface area contributed by atoms with Crippen LogP contribution < -0.4 is 0 Å². The van der Waals surface area contributed by atoms with Crippen LogP contribution in [0.25, 0.3) is 22.3 Å². The number of halogens is 3. The molecule has 3 aliphatic rings. The number of hydrogen-bond acceptors (Lipinski definition) is 8. The summed E-state index contributed by atoms with van der Waals surface area (Å²) in [6.07, 6.45) is 6.69. The van der Waals surface area contributed by atoms with Crippen LogP contribution in [0.5, 0.6) is 0 Å². The molecule has 3 fully saturated rings. The molecule has 0 spiro atoms. The number of fused-ring (bicyclic) bond motifs is 1. The van der Waals surface area contributed by atoms with Gasteiger partial charge in [0, 0.05) is 55.6 Å². The van der Waals surface area contributed by atoms with Crippen LogP contribution in [-0.4, -0.2) is 102 Å². The van der Waals surface area contributed by atoms with Crippen LogP contribution in [0, 0.1) is 0 Å². The number of hydrogen-bond donors (Lipinski definition) is 1. The summed E-state index contributed by atoms with van der Waals surface area (Å²) in [5.41, 5.74) is 2.06. The van der Waals surface area contributed by atoms with Crippen molar-refractivity contribution in [1.29, 1.82) is 0 Å². The number of carbonyl (C=O) groups excluding carboxylic acids is 1. The molecular formula is C29H33F3N10O. The molecule has 7 rings (SSSR count). The van der Waals surface area contributed by atoms with E-state index in [0.29, 0.717) is 45.1 Å². The predicted molar refractivity (Wildman–Crippen MR) is 151 cm³/mol. The van der Waals surface area contributed by atoms with E-state index in [2.05, 4.69) is 34.9 Å². The summed E-state index contributed by atoms with van der Waals surface area (Å²) in [4.78, 5) is 38.7. The van der Waals surface area contributed by atoms with Gasteiger partial charge in [0.15, 0.2) is 0 Å². The Kier molecular flexibility index (Phi) is 6.73. The Morgan fingerprint density at radius 2 is 1.84 bits per heavy atom. The highest BCUT2D eigenvalue weighted by atomic mass is 19.4. The molecule has 2 aliphatic carbocycles. The Bertz CT molecular complexity index is 1650. The molecule has 0 atom stereocenters. The Morgan fingerprint density at radius 3 is 2.51 bits per heavy atom. The molecule has 43 heavy (non-hydrogen) atoms. The highest BCUT2D eigenvalue weighted by Crippen LogP contribution is 2.45. The summed E-state index contributed by atoms with van der Waals surface area (Å²) in [5.74, 6) is -1.72. The fourth-order valence-electron chi connectivity index (χ4n) is 6.65. The van der Waals surface area contributed by atoms with Gasteiger partial charge in [-0.15, -0.1) is 0 Å². The van der Waals surface area contributed by atoms with E-state index in [-0.39, 0.29) is 17.4 Å². The van der Waals surface area contributed by atoms with E-state index in [1.807, 2.05) is 48.3 Å². The number of H-pyrrole nitrogens is 1. The number of amides is 1. The van der Waals surface area contributed by atoms with Gasteiger partial charge in [-0.1, -0.05) is 0 Å². The van der Waals surface area contributed by atoms with E-state index < -0.39 is 23.4 Å². The Labute approximate surface area is 246 Å². The highest BCUT2D eigenvalue weighted by molar-refractivity contribution is 5.92. The smallest absolute Gasteiger partial charge is 0.346 e. The van der Waals surface area contributed by atoms with Gasteiger partial charge in [-0.05, 0) is 58.3 Å². The van der Waals surface area contributed by atoms with Gasteiger partial charge in [0.2, 0.25) is 5.82 Å². The van der Waals surface area contributed by atoms with Crippen LogP contribution in [0.15, 0.2) is 37.1 Å². The second-order valence-electron chi connectivity index (χ2n) is 12.0. The van der Waals surface area contributed by atoms with Gasteiger partial charge < -0.3 is 9.88 Å². The van der Waals surface area contributed by atoms with Crippen molar-refractivity contribution in [1.82, 2.24) is 49.4 Å². The van der Waals surface area contributed by atoms with Crippen molar-refractivity contribution in [3.8, 4) is 11.3 Å². The van der Waals surface area contributed by atoms with Crippen molar-refractivity contribution in [3.63, 3.8) is 0 Å². The van der Waals surface area contributed by atoms with Crippen molar-refractivity contribution >= 4 is 16.9 Å². The minimum atomic E-state index is -4.74. The minimum Gasteiger partial charge on any atom is -0.346 e. The third kappa shape index (κ3) is 4.85.